The van der Waals surface area contributed by atoms with Gasteiger partial charge in [0, 0.05) is 0 Å². The molecule has 0 aliphatic rings. The van der Waals surface area contributed by atoms with E-state index in [1.807, 2.05) is 0 Å². The molecule has 0 saturated heterocycles. The zero-order valence-electron chi connectivity index (χ0n) is 9.49. The van der Waals surface area contributed by atoms with Crippen molar-refractivity contribution in [2.45, 2.75) is 9.97 Å². The Balaban J connectivity index is 3.31. The number of hydrogen-bond acceptors (Lipinski definition) is 3. The summed E-state index contributed by atoms with van der Waals surface area (Å²) in [6.07, 6.45) is -4.59. The van der Waals surface area contributed by atoms with E-state index in [4.69, 9.17) is 62.7 Å². The van der Waals surface area contributed by atoms with Gasteiger partial charge in [0.15, 0.2) is 12.4 Å². The van der Waals surface area contributed by atoms with Gasteiger partial charge in [0.05, 0.1) is 7.11 Å². The van der Waals surface area contributed by atoms with Crippen LogP contribution < -0.4 is 9.47 Å². The molecule has 1 rings (SSSR count). The van der Waals surface area contributed by atoms with Gasteiger partial charge >= 0.3 is 6.18 Å². The Morgan fingerprint density at radius 2 is 1.65 bits per heavy atom. The minimum Gasteiger partial charge on any atom is -0.493 e. The van der Waals surface area contributed by atoms with E-state index in [-0.39, 0.29) is 21.5 Å². The molecule has 11 heteroatoms. The zero-order chi connectivity index (χ0) is 15.7. The normalized spacial score (nSPS) is 12.4. The monoisotopic (exact) mass is 391 g/mol. The summed E-state index contributed by atoms with van der Waals surface area (Å²) in [5, 5.41) is -0.600. The second-order valence-electron chi connectivity index (χ2n) is 3.33. The van der Waals surface area contributed by atoms with E-state index in [0.717, 1.165) is 0 Å². The fourth-order valence-corrected chi connectivity index (χ4v) is 2.34. The van der Waals surface area contributed by atoms with Crippen LogP contribution in [0.2, 0.25) is 10.0 Å². The second-order valence-corrected chi connectivity index (χ2v) is 6.37. The van der Waals surface area contributed by atoms with Gasteiger partial charge in [-0.05, 0) is 0 Å². The van der Waals surface area contributed by atoms with Gasteiger partial charge in [0.1, 0.15) is 15.7 Å². The van der Waals surface area contributed by atoms with Crippen LogP contribution in [-0.2, 0) is 3.79 Å². The van der Waals surface area contributed by atoms with Gasteiger partial charge in [0.25, 0.3) is 0 Å². The number of methoxy groups -OCH3 is 1. The highest BCUT2D eigenvalue weighted by atomic mass is 35.6. The first-order valence-electron chi connectivity index (χ1n) is 4.67. The molecule has 1 heterocycles. The van der Waals surface area contributed by atoms with Crippen LogP contribution in [0, 0.1) is 0 Å². The predicted molar refractivity (Wildman–Crippen MR) is 71.6 cm³/mol. The molecule has 0 N–H and O–H groups in total. The molecule has 0 fully saturated rings. The van der Waals surface area contributed by atoms with Crippen LogP contribution in [0.1, 0.15) is 5.69 Å². The molecule has 0 bridgehead atoms. The van der Waals surface area contributed by atoms with Crippen molar-refractivity contribution in [3.05, 3.63) is 15.7 Å². The third-order valence-electron chi connectivity index (χ3n) is 1.85. The molecular formula is C9H5Cl5F3NO2. The molecule has 1 aromatic rings. The van der Waals surface area contributed by atoms with E-state index < -0.39 is 22.5 Å². The summed E-state index contributed by atoms with van der Waals surface area (Å²) in [5.74, 6) is -0.812. The van der Waals surface area contributed by atoms with Crippen LogP contribution in [0.4, 0.5) is 13.2 Å². The van der Waals surface area contributed by atoms with E-state index in [1.54, 1.807) is 0 Å². The van der Waals surface area contributed by atoms with Crippen LogP contribution >= 0.6 is 58.0 Å². The van der Waals surface area contributed by atoms with Crippen molar-refractivity contribution in [2.24, 2.45) is 0 Å². The first kappa shape index (κ1) is 18.0. The number of hydrogen-bond donors (Lipinski definition) is 0. The molecule has 3 nitrogen and oxygen atoms in total. The fourth-order valence-electron chi connectivity index (χ4n) is 1.11. The lowest BCUT2D eigenvalue weighted by molar-refractivity contribution is -0.154. The SMILES string of the molecule is COc1c(Cl)c(OCC(F)(F)F)nc(C(Cl)(Cl)Cl)c1Cl. The molecular weight excluding hydrogens is 388 g/mol. The number of alkyl halides is 6. The molecule has 0 aromatic carbocycles. The smallest absolute Gasteiger partial charge is 0.422 e. The maximum atomic E-state index is 12.1. The van der Waals surface area contributed by atoms with E-state index in [1.165, 1.54) is 7.11 Å². The zero-order valence-corrected chi connectivity index (χ0v) is 13.3. The van der Waals surface area contributed by atoms with Crippen molar-refractivity contribution in [3.8, 4) is 11.6 Å². The van der Waals surface area contributed by atoms with E-state index in [9.17, 15) is 13.2 Å². The second kappa shape index (κ2) is 6.40. The Labute approximate surface area is 136 Å². The van der Waals surface area contributed by atoms with Crippen molar-refractivity contribution in [1.82, 2.24) is 4.98 Å². The standard InChI is InChI=1S/C9H5Cl5F3NO2/c1-19-5-3(10)6(9(12,13)14)18-7(4(5)11)20-2-8(15,16)17/h2H2,1H3. The summed E-state index contributed by atoms with van der Waals surface area (Å²) in [6, 6.07) is 0. The lowest BCUT2D eigenvalue weighted by Crippen LogP contribution is -2.20. The van der Waals surface area contributed by atoms with Gasteiger partial charge in [-0.3, -0.25) is 0 Å². The highest BCUT2D eigenvalue weighted by molar-refractivity contribution is 6.67. The van der Waals surface area contributed by atoms with Gasteiger partial charge < -0.3 is 9.47 Å². The molecule has 1 aromatic heterocycles. The number of aromatic nitrogens is 1. The van der Waals surface area contributed by atoms with Crippen LogP contribution in [0.3, 0.4) is 0 Å². The van der Waals surface area contributed by atoms with Crippen molar-refractivity contribution in [1.29, 1.82) is 0 Å². The van der Waals surface area contributed by atoms with Gasteiger partial charge in [-0.15, -0.1) is 0 Å². The molecule has 0 unspecified atom stereocenters. The van der Waals surface area contributed by atoms with Crippen LogP contribution in [0.5, 0.6) is 11.6 Å². The molecule has 0 amide bonds. The summed E-state index contributed by atoms with van der Waals surface area (Å²) in [4.78, 5) is 3.59. The highest BCUT2D eigenvalue weighted by Gasteiger charge is 2.34. The quantitative estimate of drug-likeness (QED) is 0.665. The minimum absolute atomic E-state index is 0.207. The van der Waals surface area contributed by atoms with Crippen LogP contribution in [-0.4, -0.2) is 24.9 Å². The van der Waals surface area contributed by atoms with Crippen molar-refractivity contribution in [2.75, 3.05) is 13.7 Å². The van der Waals surface area contributed by atoms with Gasteiger partial charge in [-0.1, -0.05) is 58.0 Å². The number of halogens is 8. The summed E-state index contributed by atoms with van der Waals surface area (Å²) in [6.45, 7) is -1.62. The summed E-state index contributed by atoms with van der Waals surface area (Å²) in [5.41, 5.74) is -0.359. The third kappa shape index (κ3) is 4.49. The van der Waals surface area contributed by atoms with Crippen molar-refractivity contribution in [3.63, 3.8) is 0 Å². The van der Waals surface area contributed by atoms with Crippen LogP contribution in [0.25, 0.3) is 0 Å². The van der Waals surface area contributed by atoms with E-state index >= 15 is 0 Å². The largest absolute Gasteiger partial charge is 0.493 e. The molecule has 0 radical (unpaired) electrons. The molecule has 0 spiro atoms. The minimum atomic E-state index is -4.59. The Morgan fingerprint density at radius 3 is 2.05 bits per heavy atom. The molecule has 0 aliphatic heterocycles. The summed E-state index contributed by atoms with van der Waals surface area (Å²) < 4.78 is 43.6. The summed E-state index contributed by atoms with van der Waals surface area (Å²) in [7, 11) is 1.18. The average molecular weight is 393 g/mol. The summed E-state index contributed by atoms with van der Waals surface area (Å²) >= 11 is 28.5. The lowest BCUT2D eigenvalue weighted by atomic mass is 10.3. The first-order valence-corrected chi connectivity index (χ1v) is 6.56. The maximum Gasteiger partial charge on any atom is 0.422 e. The molecule has 0 atom stereocenters. The number of nitrogens with zero attached hydrogens (tertiary/aromatic N) is 1. The number of pyridine rings is 1. The number of ether oxygens (including phenoxy) is 2. The Hall–Kier alpha value is -0.0100. The fraction of sp³-hybridized carbons (Fsp3) is 0.444. The Bertz CT molecular complexity index is 504. The van der Waals surface area contributed by atoms with Gasteiger partial charge in [0.2, 0.25) is 9.67 Å². The lowest BCUT2D eigenvalue weighted by Gasteiger charge is -2.18. The average Bonchev–Trinajstić information content (AvgIpc) is 2.25. The van der Waals surface area contributed by atoms with E-state index in [0.29, 0.717) is 0 Å². The van der Waals surface area contributed by atoms with Gasteiger partial charge in [-0.2, -0.15) is 13.2 Å². The maximum absolute atomic E-state index is 12.1. The van der Waals surface area contributed by atoms with E-state index in [2.05, 4.69) is 9.72 Å². The Kier molecular flexibility index (Phi) is 5.77. The van der Waals surface area contributed by atoms with Crippen LogP contribution in [0.15, 0.2) is 0 Å². The Morgan fingerprint density at radius 1 is 1.10 bits per heavy atom. The predicted octanol–water partition coefficient (Wildman–Crippen LogP) is 5.16. The molecule has 0 saturated carbocycles. The molecule has 20 heavy (non-hydrogen) atoms. The van der Waals surface area contributed by atoms with Crippen molar-refractivity contribution < 1.29 is 22.6 Å². The van der Waals surface area contributed by atoms with Crippen molar-refractivity contribution >= 4 is 58.0 Å². The number of rotatable bonds is 3. The topological polar surface area (TPSA) is 31.4 Å². The first-order chi connectivity index (χ1) is 8.97. The third-order valence-corrected chi connectivity index (χ3v) is 3.07. The molecule has 0 aliphatic carbocycles. The molecule has 114 valence electrons. The highest BCUT2D eigenvalue weighted by Crippen LogP contribution is 2.48. The van der Waals surface area contributed by atoms with Gasteiger partial charge in [-0.25, -0.2) is 4.98 Å².